The fraction of sp³-hybridized carbons (Fsp3) is 0.333. The highest BCUT2D eigenvalue weighted by atomic mass is 32.2. The van der Waals surface area contributed by atoms with E-state index < -0.39 is 0 Å². The van der Waals surface area contributed by atoms with Crippen LogP contribution < -0.4 is 10.1 Å². The summed E-state index contributed by atoms with van der Waals surface area (Å²) in [7, 11) is 1.64. The highest BCUT2D eigenvalue weighted by Gasteiger charge is 2.11. The summed E-state index contributed by atoms with van der Waals surface area (Å²) < 4.78 is 10.7. The van der Waals surface area contributed by atoms with E-state index >= 15 is 0 Å². The number of nitrogens with zero attached hydrogens (tertiary/aromatic N) is 3. The predicted molar refractivity (Wildman–Crippen MR) is 104 cm³/mol. The molecular formula is C18H20N4O3S2. The standard InChI is InChI=1S/C18H20N4O3S2/c1-12-20-14(10-26-12)9-17-21-22-18(25-17)27-11-16(23)19-8-7-13-3-5-15(24-2)6-4-13/h3-6,10H,7-9,11H2,1-2H3,(H,19,23). The van der Waals surface area contributed by atoms with E-state index in [-0.39, 0.29) is 11.7 Å². The van der Waals surface area contributed by atoms with Crippen LogP contribution >= 0.6 is 23.1 Å². The molecule has 3 rings (SSSR count). The fourth-order valence-electron chi connectivity index (χ4n) is 2.33. The van der Waals surface area contributed by atoms with Crippen molar-refractivity contribution in [1.82, 2.24) is 20.5 Å². The first kappa shape index (κ1) is 19.4. The molecule has 7 nitrogen and oxygen atoms in total. The summed E-state index contributed by atoms with van der Waals surface area (Å²) in [6.45, 7) is 2.53. The van der Waals surface area contributed by atoms with Gasteiger partial charge in [-0.05, 0) is 31.0 Å². The van der Waals surface area contributed by atoms with Crippen LogP contribution in [-0.2, 0) is 17.6 Å². The largest absolute Gasteiger partial charge is 0.497 e. The molecule has 3 aromatic rings. The lowest BCUT2D eigenvalue weighted by atomic mass is 10.1. The Labute approximate surface area is 165 Å². The molecule has 0 unspecified atom stereocenters. The maximum atomic E-state index is 12.0. The molecule has 0 saturated carbocycles. The van der Waals surface area contributed by atoms with Crippen LogP contribution in [0.2, 0.25) is 0 Å². The van der Waals surface area contributed by atoms with E-state index in [1.165, 1.54) is 11.8 Å². The van der Waals surface area contributed by atoms with Crippen molar-refractivity contribution >= 4 is 29.0 Å². The number of thioether (sulfide) groups is 1. The van der Waals surface area contributed by atoms with E-state index in [0.717, 1.165) is 28.4 Å². The number of benzene rings is 1. The van der Waals surface area contributed by atoms with Gasteiger partial charge in [0.05, 0.1) is 30.0 Å². The summed E-state index contributed by atoms with van der Waals surface area (Å²) in [5.41, 5.74) is 2.05. The summed E-state index contributed by atoms with van der Waals surface area (Å²) in [5.74, 6) is 1.49. The van der Waals surface area contributed by atoms with Crippen molar-refractivity contribution < 1.29 is 13.9 Å². The van der Waals surface area contributed by atoms with Gasteiger partial charge in [-0.3, -0.25) is 4.79 Å². The smallest absolute Gasteiger partial charge is 0.277 e. The molecule has 9 heteroatoms. The highest BCUT2D eigenvalue weighted by Crippen LogP contribution is 2.18. The van der Waals surface area contributed by atoms with Crippen LogP contribution in [0.1, 0.15) is 22.2 Å². The van der Waals surface area contributed by atoms with E-state index in [4.69, 9.17) is 9.15 Å². The quantitative estimate of drug-likeness (QED) is 0.548. The number of thiazole rings is 1. The molecule has 0 aliphatic rings. The molecule has 1 N–H and O–H groups in total. The molecule has 2 aromatic heterocycles. The van der Waals surface area contributed by atoms with Gasteiger partial charge >= 0.3 is 0 Å². The molecule has 2 heterocycles. The van der Waals surface area contributed by atoms with Crippen LogP contribution in [-0.4, -0.2) is 40.5 Å². The average Bonchev–Trinajstić information content (AvgIpc) is 3.29. The predicted octanol–water partition coefficient (Wildman–Crippen LogP) is 2.88. The first-order valence-electron chi connectivity index (χ1n) is 8.38. The van der Waals surface area contributed by atoms with Gasteiger partial charge in [0, 0.05) is 11.9 Å². The Morgan fingerprint density at radius 1 is 1.30 bits per heavy atom. The van der Waals surface area contributed by atoms with E-state index in [9.17, 15) is 4.79 Å². The van der Waals surface area contributed by atoms with Crippen molar-refractivity contribution in [2.45, 2.75) is 25.0 Å². The molecule has 27 heavy (non-hydrogen) atoms. The molecule has 0 atom stereocenters. The summed E-state index contributed by atoms with van der Waals surface area (Å²) in [4.78, 5) is 16.3. The lowest BCUT2D eigenvalue weighted by Gasteiger charge is -2.05. The summed E-state index contributed by atoms with van der Waals surface area (Å²) >= 11 is 2.82. The van der Waals surface area contributed by atoms with Crippen molar-refractivity contribution in [3.8, 4) is 5.75 Å². The molecule has 0 spiro atoms. The highest BCUT2D eigenvalue weighted by molar-refractivity contribution is 7.99. The Morgan fingerprint density at radius 2 is 2.11 bits per heavy atom. The van der Waals surface area contributed by atoms with Crippen molar-refractivity contribution in [2.75, 3.05) is 19.4 Å². The number of aryl methyl sites for hydroxylation is 1. The summed E-state index contributed by atoms with van der Waals surface area (Å²) in [6, 6.07) is 7.80. The van der Waals surface area contributed by atoms with Crippen molar-refractivity contribution in [3.63, 3.8) is 0 Å². The normalized spacial score (nSPS) is 10.7. The molecule has 0 bridgehead atoms. The van der Waals surface area contributed by atoms with Crippen LogP contribution in [0.3, 0.4) is 0 Å². The van der Waals surface area contributed by atoms with Crippen molar-refractivity contribution in [1.29, 1.82) is 0 Å². The molecule has 0 fully saturated rings. The Hall–Kier alpha value is -2.39. The molecule has 0 radical (unpaired) electrons. The van der Waals surface area contributed by atoms with E-state index in [0.29, 0.717) is 24.1 Å². The molecule has 0 aliphatic heterocycles. The molecule has 0 aliphatic carbocycles. The van der Waals surface area contributed by atoms with Crippen LogP contribution in [0.5, 0.6) is 5.75 Å². The zero-order valence-electron chi connectivity index (χ0n) is 15.1. The third-order valence-corrected chi connectivity index (χ3v) is 5.31. The molecule has 1 amide bonds. The number of carbonyl (C=O) groups is 1. The van der Waals surface area contributed by atoms with Gasteiger partial charge in [-0.25, -0.2) is 4.98 Å². The van der Waals surface area contributed by atoms with Gasteiger partial charge in [0.15, 0.2) is 0 Å². The number of rotatable bonds is 9. The molecular weight excluding hydrogens is 384 g/mol. The average molecular weight is 405 g/mol. The third-order valence-electron chi connectivity index (χ3n) is 3.67. The van der Waals surface area contributed by atoms with Gasteiger partial charge < -0.3 is 14.5 Å². The van der Waals surface area contributed by atoms with Crippen LogP contribution in [0.4, 0.5) is 0 Å². The van der Waals surface area contributed by atoms with Gasteiger partial charge in [-0.2, -0.15) is 0 Å². The zero-order chi connectivity index (χ0) is 19.1. The second kappa shape index (κ2) is 9.52. The van der Waals surface area contributed by atoms with Crippen molar-refractivity contribution in [3.05, 3.63) is 51.8 Å². The maximum absolute atomic E-state index is 12.0. The number of hydrogen-bond donors (Lipinski definition) is 1. The fourth-order valence-corrected chi connectivity index (χ4v) is 3.55. The lowest BCUT2D eigenvalue weighted by Crippen LogP contribution is -2.27. The number of amides is 1. The minimum atomic E-state index is -0.0663. The maximum Gasteiger partial charge on any atom is 0.277 e. The number of hydrogen-bond acceptors (Lipinski definition) is 8. The summed E-state index contributed by atoms with van der Waals surface area (Å²) in [5, 5.41) is 14.2. The van der Waals surface area contributed by atoms with Gasteiger partial charge in [0.2, 0.25) is 11.8 Å². The van der Waals surface area contributed by atoms with E-state index in [2.05, 4.69) is 20.5 Å². The first-order chi connectivity index (χ1) is 13.1. The molecule has 142 valence electrons. The van der Waals surface area contributed by atoms with E-state index in [1.807, 2.05) is 36.6 Å². The number of methoxy groups -OCH3 is 1. The summed E-state index contributed by atoms with van der Waals surface area (Å²) in [6.07, 6.45) is 1.27. The van der Waals surface area contributed by atoms with Gasteiger partial charge in [0.1, 0.15) is 5.75 Å². The van der Waals surface area contributed by atoms with Crippen LogP contribution in [0, 0.1) is 6.92 Å². The second-order valence-electron chi connectivity index (χ2n) is 5.73. The second-order valence-corrected chi connectivity index (χ2v) is 7.72. The van der Waals surface area contributed by atoms with Crippen LogP contribution in [0.25, 0.3) is 0 Å². The number of aromatic nitrogens is 3. The first-order valence-corrected chi connectivity index (χ1v) is 10.2. The minimum absolute atomic E-state index is 0.0663. The zero-order valence-corrected chi connectivity index (χ0v) is 16.7. The lowest BCUT2D eigenvalue weighted by molar-refractivity contribution is -0.118. The SMILES string of the molecule is COc1ccc(CCNC(=O)CSc2nnc(Cc3csc(C)n3)o2)cc1. The monoisotopic (exact) mass is 404 g/mol. The van der Waals surface area contributed by atoms with E-state index in [1.54, 1.807) is 18.4 Å². The Balaban J connectivity index is 1.37. The Morgan fingerprint density at radius 3 is 2.81 bits per heavy atom. The number of ether oxygens (including phenoxy) is 1. The van der Waals surface area contributed by atoms with Gasteiger partial charge in [-0.15, -0.1) is 21.5 Å². The topological polar surface area (TPSA) is 90.1 Å². The molecule has 1 aromatic carbocycles. The number of nitrogens with one attached hydrogen (secondary N) is 1. The minimum Gasteiger partial charge on any atom is -0.497 e. The van der Waals surface area contributed by atoms with Gasteiger partial charge in [-0.1, -0.05) is 23.9 Å². The Bertz CT molecular complexity index is 877. The van der Waals surface area contributed by atoms with Gasteiger partial charge in [0.25, 0.3) is 5.22 Å². The third kappa shape index (κ3) is 6.07. The Kier molecular flexibility index (Phi) is 6.83. The number of carbonyl (C=O) groups excluding carboxylic acids is 1. The van der Waals surface area contributed by atoms with Crippen molar-refractivity contribution in [2.24, 2.45) is 0 Å². The molecule has 0 saturated heterocycles. The van der Waals surface area contributed by atoms with Crippen LogP contribution in [0.15, 0.2) is 39.3 Å².